The number of esters is 1. The molecule has 7 heteroatoms. The highest BCUT2D eigenvalue weighted by Gasteiger charge is 2.37. The zero-order valence-electron chi connectivity index (χ0n) is 6.92. The van der Waals surface area contributed by atoms with E-state index in [1.165, 1.54) is 0 Å². The molecule has 0 fully saturated rings. The van der Waals surface area contributed by atoms with E-state index in [0.717, 1.165) is 7.11 Å². The van der Waals surface area contributed by atoms with Crippen LogP contribution in [-0.4, -0.2) is 23.0 Å². The predicted molar refractivity (Wildman–Crippen MR) is 37.2 cm³/mol. The normalized spacial score (nSPS) is 11.1. The Morgan fingerprint density at radius 1 is 1.57 bits per heavy atom. The van der Waals surface area contributed by atoms with E-state index in [-0.39, 0.29) is 0 Å². The molecule has 0 saturated carbocycles. The van der Waals surface area contributed by atoms with E-state index in [0.29, 0.717) is 6.20 Å². The van der Waals surface area contributed by atoms with Gasteiger partial charge in [-0.3, -0.25) is 0 Å². The number of carbonyl (C=O) groups excluding carboxylic acids is 1. The van der Waals surface area contributed by atoms with Gasteiger partial charge in [0.1, 0.15) is 5.56 Å². The first-order valence-electron chi connectivity index (χ1n) is 3.35. The molecule has 4 nitrogen and oxygen atoms in total. The predicted octanol–water partition coefficient (Wildman–Crippen LogP) is 1.08. The van der Waals surface area contributed by atoms with Gasteiger partial charge in [0.05, 0.1) is 7.11 Å². The minimum atomic E-state index is -4.72. The lowest BCUT2D eigenvalue weighted by atomic mass is 10.2. The van der Waals surface area contributed by atoms with Crippen LogP contribution in [0.15, 0.2) is 6.20 Å². The average molecular weight is 205 g/mol. The Morgan fingerprint density at radius 3 is 2.71 bits per heavy atom. The van der Waals surface area contributed by atoms with Crippen LogP contribution in [0.1, 0.15) is 16.1 Å². The lowest BCUT2D eigenvalue weighted by Crippen LogP contribution is -2.16. The molecule has 1 radical (unpaired) electrons. The fourth-order valence-electron chi connectivity index (χ4n) is 0.769. The monoisotopic (exact) mass is 205 g/mol. The maximum atomic E-state index is 12.2. The molecule has 0 N–H and O–H groups in total. The second-order valence-electron chi connectivity index (χ2n) is 2.22. The average Bonchev–Trinajstić information content (AvgIpc) is 2.15. The summed E-state index contributed by atoms with van der Waals surface area (Å²) in [5.41, 5.74) is -2.07. The highest BCUT2D eigenvalue weighted by molar-refractivity contribution is 5.90. The summed E-state index contributed by atoms with van der Waals surface area (Å²) in [7, 11) is 0.971. The third-order valence-corrected chi connectivity index (χ3v) is 1.34. The summed E-state index contributed by atoms with van der Waals surface area (Å²) in [6, 6.07) is 0. The third-order valence-electron chi connectivity index (χ3n) is 1.34. The number of nitrogens with zero attached hydrogens (tertiary/aromatic N) is 2. The third kappa shape index (κ3) is 1.98. The van der Waals surface area contributed by atoms with Gasteiger partial charge in [-0.05, 0) is 0 Å². The number of alkyl halides is 3. The fourth-order valence-corrected chi connectivity index (χ4v) is 0.769. The van der Waals surface area contributed by atoms with Crippen molar-refractivity contribution in [3.8, 4) is 0 Å². The molecule has 0 bridgehead atoms. The van der Waals surface area contributed by atoms with E-state index in [2.05, 4.69) is 14.7 Å². The SMILES string of the molecule is COC(=O)c1cn[c]nc1C(F)(F)F. The van der Waals surface area contributed by atoms with Crippen molar-refractivity contribution in [1.82, 2.24) is 9.97 Å². The van der Waals surface area contributed by atoms with Gasteiger partial charge in [0.2, 0.25) is 0 Å². The Bertz CT molecular complexity index is 351. The molecule has 1 heterocycles. The molecule has 0 atom stereocenters. The summed E-state index contributed by atoms with van der Waals surface area (Å²) in [4.78, 5) is 16.9. The molecular weight excluding hydrogens is 201 g/mol. The first kappa shape index (κ1) is 10.4. The highest BCUT2D eigenvalue weighted by atomic mass is 19.4. The number of aromatic nitrogens is 2. The van der Waals surface area contributed by atoms with E-state index in [9.17, 15) is 18.0 Å². The first-order valence-corrected chi connectivity index (χ1v) is 3.35. The van der Waals surface area contributed by atoms with Gasteiger partial charge in [0.15, 0.2) is 12.0 Å². The summed E-state index contributed by atoms with van der Waals surface area (Å²) in [5.74, 6) is -1.13. The number of ether oxygens (including phenoxy) is 1. The van der Waals surface area contributed by atoms with Crippen LogP contribution in [0.5, 0.6) is 0 Å². The molecule has 75 valence electrons. The van der Waals surface area contributed by atoms with Crippen molar-refractivity contribution in [3.63, 3.8) is 0 Å². The molecule has 1 aromatic rings. The van der Waals surface area contributed by atoms with Crippen molar-refractivity contribution in [2.24, 2.45) is 0 Å². The van der Waals surface area contributed by atoms with Gasteiger partial charge < -0.3 is 4.74 Å². The molecule has 0 unspecified atom stereocenters. The number of hydrogen-bond acceptors (Lipinski definition) is 4. The summed E-state index contributed by atoms with van der Waals surface area (Å²) in [6.07, 6.45) is -2.25. The molecule has 0 saturated heterocycles. The largest absolute Gasteiger partial charge is 0.465 e. The van der Waals surface area contributed by atoms with Crippen LogP contribution in [0.4, 0.5) is 13.2 Å². The van der Waals surface area contributed by atoms with Crippen LogP contribution in [0.3, 0.4) is 0 Å². The van der Waals surface area contributed by atoms with E-state index in [1.807, 2.05) is 0 Å². The van der Waals surface area contributed by atoms with E-state index in [1.54, 1.807) is 6.33 Å². The summed E-state index contributed by atoms with van der Waals surface area (Å²) >= 11 is 0. The minimum absolute atomic E-state index is 0.710. The molecule has 1 aromatic heterocycles. The Balaban J connectivity index is 3.23. The van der Waals surface area contributed by atoms with Crippen molar-refractivity contribution >= 4 is 5.97 Å². The molecule has 0 aliphatic rings. The molecule has 0 aliphatic heterocycles. The van der Waals surface area contributed by atoms with Crippen molar-refractivity contribution in [3.05, 3.63) is 23.8 Å². The number of rotatable bonds is 1. The van der Waals surface area contributed by atoms with Gasteiger partial charge in [-0.2, -0.15) is 13.2 Å². The topological polar surface area (TPSA) is 52.1 Å². The van der Waals surface area contributed by atoms with Crippen molar-refractivity contribution < 1.29 is 22.7 Å². The summed E-state index contributed by atoms with van der Waals surface area (Å²) in [5, 5.41) is 0. The number of carbonyl (C=O) groups is 1. The minimum Gasteiger partial charge on any atom is -0.465 e. The lowest BCUT2D eigenvalue weighted by molar-refractivity contribution is -0.141. The first-order chi connectivity index (χ1) is 6.46. The van der Waals surface area contributed by atoms with E-state index in [4.69, 9.17) is 0 Å². The summed E-state index contributed by atoms with van der Waals surface area (Å²) < 4.78 is 40.8. The van der Waals surface area contributed by atoms with Crippen LogP contribution in [0.2, 0.25) is 0 Å². The second-order valence-corrected chi connectivity index (χ2v) is 2.22. The Hall–Kier alpha value is -1.66. The number of halogens is 3. The maximum absolute atomic E-state index is 12.2. The van der Waals surface area contributed by atoms with Crippen LogP contribution in [0, 0.1) is 6.33 Å². The van der Waals surface area contributed by atoms with Crippen LogP contribution in [-0.2, 0) is 10.9 Å². The molecule has 0 amide bonds. The summed E-state index contributed by atoms with van der Waals surface area (Å²) in [6.45, 7) is 0. The highest BCUT2D eigenvalue weighted by Crippen LogP contribution is 2.29. The molecule has 0 aromatic carbocycles. The molecular formula is C7H4F3N2O2. The quantitative estimate of drug-likeness (QED) is 0.644. The van der Waals surface area contributed by atoms with Gasteiger partial charge in [0.25, 0.3) is 0 Å². The Morgan fingerprint density at radius 2 is 2.21 bits per heavy atom. The lowest BCUT2D eigenvalue weighted by Gasteiger charge is -2.08. The maximum Gasteiger partial charge on any atom is 0.434 e. The van der Waals surface area contributed by atoms with Gasteiger partial charge in [0, 0.05) is 6.20 Å². The van der Waals surface area contributed by atoms with Gasteiger partial charge >= 0.3 is 12.1 Å². The zero-order valence-corrected chi connectivity index (χ0v) is 6.92. The van der Waals surface area contributed by atoms with Crippen LogP contribution >= 0.6 is 0 Å². The molecule has 0 aliphatic carbocycles. The molecule has 0 spiro atoms. The fraction of sp³-hybridized carbons (Fsp3) is 0.286. The standard InChI is InChI=1S/C7H4F3N2O2/c1-14-6(13)4-2-11-3-12-5(4)7(8,9)10/h2H,1H3. The Labute approximate surface area is 76.7 Å². The Kier molecular flexibility index (Phi) is 2.68. The zero-order chi connectivity index (χ0) is 10.8. The van der Waals surface area contributed by atoms with E-state index >= 15 is 0 Å². The van der Waals surface area contributed by atoms with Crippen molar-refractivity contribution in [2.75, 3.05) is 7.11 Å². The molecule has 14 heavy (non-hydrogen) atoms. The number of hydrogen-bond donors (Lipinski definition) is 0. The van der Waals surface area contributed by atoms with Gasteiger partial charge in [-0.25, -0.2) is 14.8 Å². The number of methoxy groups -OCH3 is 1. The smallest absolute Gasteiger partial charge is 0.434 e. The van der Waals surface area contributed by atoms with Gasteiger partial charge in [-0.15, -0.1) is 0 Å². The van der Waals surface area contributed by atoms with Gasteiger partial charge in [-0.1, -0.05) is 0 Å². The van der Waals surface area contributed by atoms with Crippen LogP contribution < -0.4 is 0 Å². The molecule has 1 rings (SSSR count). The second kappa shape index (κ2) is 3.60. The van der Waals surface area contributed by atoms with Crippen molar-refractivity contribution in [1.29, 1.82) is 0 Å². The van der Waals surface area contributed by atoms with E-state index < -0.39 is 23.4 Å². The van der Waals surface area contributed by atoms with Crippen LogP contribution in [0.25, 0.3) is 0 Å². The van der Waals surface area contributed by atoms with Crippen molar-refractivity contribution in [2.45, 2.75) is 6.18 Å².